The van der Waals surface area contributed by atoms with Gasteiger partial charge in [0.2, 0.25) is 0 Å². The Labute approximate surface area is 94.5 Å². The summed E-state index contributed by atoms with van der Waals surface area (Å²) in [5, 5.41) is 13.7. The van der Waals surface area contributed by atoms with E-state index in [4.69, 9.17) is 0 Å². The summed E-state index contributed by atoms with van der Waals surface area (Å²) in [6.45, 7) is 6.71. The van der Waals surface area contributed by atoms with Crippen LogP contribution in [0.4, 0.5) is 0 Å². The summed E-state index contributed by atoms with van der Waals surface area (Å²) >= 11 is 0. The van der Waals surface area contributed by atoms with E-state index in [0.29, 0.717) is 6.04 Å². The van der Waals surface area contributed by atoms with E-state index in [1.54, 1.807) is 0 Å². The number of nitrogens with one attached hydrogen (secondary N) is 1. The summed E-state index contributed by atoms with van der Waals surface area (Å²) in [5.41, 5.74) is 0.204. The van der Waals surface area contributed by atoms with Crippen molar-refractivity contribution < 1.29 is 5.11 Å². The van der Waals surface area contributed by atoms with Gasteiger partial charge in [0.25, 0.3) is 0 Å². The molecule has 0 heterocycles. The molecule has 1 fully saturated rings. The van der Waals surface area contributed by atoms with Crippen molar-refractivity contribution in [2.24, 2.45) is 0 Å². The molecule has 0 aromatic rings. The first-order valence-electron chi connectivity index (χ1n) is 6.57. The van der Waals surface area contributed by atoms with E-state index in [0.717, 1.165) is 25.7 Å². The minimum absolute atomic E-state index is 0.134. The molecule has 0 saturated heterocycles. The van der Waals surface area contributed by atoms with Crippen LogP contribution in [0, 0.1) is 0 Å². The van der Waals surface area contributed by atoms with Gasteiger partial charge in [0.15, 0.2) is 0 Å². The summed E-state index contributed by atoms with van der Waals surface area (Å²) in [5.74, 6) is 0. The first-order valence-corrected chi connectivity index (χ1v) is 6.57. The van der Waals surface area contributed by atoms with Crippen molar-refractivity contribution in [3.8, 4) is 0 Å². The number of aliphatic hydroxyl groups is 1. The molecule has 2 atom stereocenters. The number of rotatable bonds is 4. The molecule has 1 rings (SSSR count). The van der Waals surface area contributed by atoms with Crippen LogP contribution in [-0.2, 0) is 0 Å². The molecule has 0 bridgehead atoms. The van der Waals surface area contributed by atoms with Crippen LogP contribution in [0.25, 0.3) is 0 Å². The molecule has 2 nitrogen and oxygen atoms in total. The third-order valence-corrected chi connectivity index (χ3v) is 4.07. The molecule has 0 spiro atoms. The van der Waals surface area contributed by atoms with Crippen molar-refractivity contribution in [1.82, 2.24) is 5.32 Å². The number of aliphatic hydroxyl groups excluding tert-OH is 1. The molecular weight excluding hydrogens is 186 g/mol. The van der Waals surface area contributed by atoms with Crippen LogP contribution >= 0.6 is 0 Å². The van der Waals surface area contributed by atoms with Crippen molar-refractivity contribution in [1.29, 1.82) is 0 Å². The fourth-order valence-electron chi connectivity index (χ4n) is 2.36. The second-order valence-electron chi connectivity index (χ2n) is 5.22. The summed E-state index contributed by atoms with van der Waals surface area (Å²) in [6.07, 6.45) is 7.97. The average Bonchev–Trinajstić information content (AvgIpc) is 2.44. The standard InChI is InChI=1S/C13H27NO/c1-4-13(3,5-2)14-11-9-7-6-8-10-12(11)15/h11-12,14-15H,4-10H2,1-3H3. The molecule has 0 aromatic carbocycles. The lowest BCUT2D eigenvalue weighted by atomic mass is 9.92. The quantitative estimate of drug-likeness (QED) is 0.704. The molecule has 15 heavy (non-hydrogen) atoms. The Morgan fingerprint density at radius 3 is 2.33 bits per heavy atom. The van der Waals surface area contributed by atoms with Crippen molar-refractivity contribution in [3.05, 3.63) is 0 Å². The van der Waals surface area contributed by atoms with Crippen molar-refractivity contribution in [3.63, 3.8) is 0 Å². The second-order valence-corrected chi connectivity index (χ2v) is 5.22. The fourth-order valence-corrected chi connectivity index (χ4v) is 2.36. The molecule has 90 valence electrons. The highest BCUT2D eigenvalue weighted by molar-refractivity contribution is 4.88. The summed E-state index contributed by atoms with van der Waals surface area (Å²) in [4.78, 5) is 0. The third-order valence-electron chi connectivity index (χ3n) is 4.07. The van der Waals surface area contributed by atoms with Crippen LogP contribution in [0.1, 0.15) is 65.7 Å². The van der Waals surface area contributed by atoms with E-state index < -0.39 is 0 Å². The van der Waals surface area contributed by atoms with Crippen LogP contribution in [0.3, 0.4) is 0 Å². The fraction of sp³-hybridized carbons (Fsp3) is 1.00. The van der Waals surface area contributed by atoms with Crippen molar-refractivity contribution in [2.75, 3.05) is 0 Å². The van der Waals surface area contributed by atoms with Crippen LogP contribution in [0.15, 0.2) is 0 Å². The minimum Gasteiger partial charge on any atom is -0.392 e. The zero-order valence-corrected chi connectivity index (χ0v) is 10.6. The Bertz CT molecular complexity index is 177. The predicted molar refractivity (Wildman–Crippen MR) is 65.0 cm³/mol. The third kappa shape index (κ3) is 3.76. The molecule has 0 aliphatic heterocycles. The van der Waals surface area contributed by atoms with E-state index in [1.165, 1.54) is 19.3 Å². The topological polar surface area (TPSA) is 32.3 Å². The van der Waals surface area contributed by atoms with Crippen molar-refractivity contribution in [2.45, 2.75) is 83.4 Å². The second kappa shape index (κ2) is 5.86. The van der Waals surface area contributed by atoms with Gasteiger partial charge in [-0.3, -0.25) is 0 Å². The molecule has 0 amide bonds. The van der Waals surface area contributed by atoms with E-state index in [9.17, 15) is 5.11 Å². The molecule has 2 unspecified atom stereocenters. The van der Waals surface area contributed by atoms with Gasteiger partial charge in [-0.2, -0.15) is 0 Å². The molecule has 0 aromatic heterocycles. The lowest BCUT2D eigenvalue weighted by molar-refractivity contribution is 0.0986. The molecule has 1 saturated carbocycles. The SMILES string of the molecule is CCC(C)(CC)NC1CCCCCC1O. The highest BCUT2D eigenvalue weighted by Crippen LogP contribution is 2.22. The average molecular weight is 213 g/mol. The first kappa shape index (κ1) is 13.0. The van der Waals surface area contributed by atoms with Crippen LogP contribution in [0.5, 0.6) is 0 Å². The van der Waals surface area contributed by atoms with Gasteiger partial charge in [-0.05, 0) is 32.6 Å². The van der Waals surface area contributed by atoms with Gasteiger partial charge < -0.3 is 10.4 Å². The van der Waals surface area contributed by atoms with E-state index in [2.05, 4.69) is 26.1 Å². The molecule has 1 aliphatic rings. The maximum Gasteiger partial charge on any atom is 0.0693 e. The summed E-state index contributed by atoms with van der Waals surface area (Å²) in [6, 6.07) is 0.317. The lowest BCUT2D eigenvalue weighted by Gasteiger charge is -2.35. The monoisotopic (exact) mass is 213 g/mol. The molecule has 1 aliphatic carbocycles. The minimum atomic E-state index is -0.134. The summed E-state index contributed by atoms with van der Waals surface area (Å²) < 4.78 is 0. The molecule has 0 radical (unpaired) electrons. The Morgan fingerprint density at radius 2 is 1.73 bits per heavy atom. The normalized spacial score (nSPS) is 28.8. The highest BCUT2D eigenvalue weighted by Gasteiger charge is 2.28. The summed E-state index contributed by atoms with van der Waals surface area (Å²) in [7, 11) is 0. The largest absolute Gasteiger partial charge is 0.392 e. The maximum atomic E-state index is 10.0. The van der Waals surface area contributed by atoms with Crippen LogP contribution < -0.4 is 5.32 Å². The van der Waals surface area contributed by atoms with Gasteiger partial charge >= 0.3 is 0 Å². The molecular formula is C13H27NO. The van der Waals surface area contributed by atoms with Crippen LogP contribution in [0.2, 0.25) is 0 Å². The van der Waals surface area contributed by atoms with E-state index >= 15 is 0 Å². The zero-order valence-electron chi connectivity index (χ0n) is 10.6. The lowest BCUT2D eigenvalue weighted by Crippen LogP contribution is -2.51. The smallest absolute Gasteiger partial charge is 0.0693 e. The van der Waals surface area contributed by atoms with Gasteiger partial charge in [0.1, 0.15) is 0 Å². The first-order chi connectivity index (χ1) is 7.11. The predicted octanol–water partition coefficient (Wildman–Crippen LogP) is 2.85. The van der Waals surface area contributed by atoms with Gasteiger partial charge in [0.05, 0.1) is 6.10 Å². The van der Waals surface area contributed by atoms with E-state index in [-0.39, 0.29) is 11.6 Å². The Morgan fingerprint density at radius 1 is 1.13 bits per heavy atom. The van der Waals surface area contributed by atoms with Gasteiger partial charge in [-0.1, -0.05) is 33.1 Å². The van der Waals surface area contributed by atoms with Gasteiger partial charge in [0, 0.05) is 11.6 Å². The van der Waals surface area contributed by atoms with Gasteiger partial charge in [-0.25, -0.2) is 0 Å². The zero-order chi connectivity index (χ0) is 11.3. The Kier molecular flexibility index (Phi) is 5.07. The number of hydrogen-bond acceptors (Lipinski definition) is 2. The number of hydrogen-bond donors (Lipinski definition) is 2. The van der Waals surface area contributed by atoms with Gasteiger partial charge in [-0.15, -0.1) is 0 Å². The van der Waals surface area contributed by atoms with Crippen molar-refractivity contribution >= 4 is 0 Å². The maximum absolute atomic E-state index is 10.0. The Hall–Kier alpha value is -0.0800. The highest BCUT2D eigenvalue weighted by atomic mass is 16.3. The molecule has 2 heteroatoms. The van der Waals surface area contributed by atoms with Crippen LogP contribution in [-0.4, -0.2) is 22.8 Å². The Balaban J connectivity index is 2.53. The van der Waals surface area contributed by atoms with E-state index in [1.807, 2.05) is 0 Å². The molecule has 2 N–H and O–H groups in total.